The smallest absolute Gasteiger partial charge is 0.250 e. The number of nitrogens with zero attached hydrogens (tertiary/aromatic N) is 2. The molecule has 1 aromatic carbocycles. The van der Waals surface area contributed by atoms with Crippen LogP contribution in [-0.4, -0.2) is 38.7 Å². The van der Waals surface area contributed by atoms with E-state index in [0.717, 1.165) is 18.2 Å². The first-order valence-electron chi connectivity index (χ1n) is 10.6. The number of aromatic hydroxyl groups is 1. The van der Waals surface area contributed by atoms with Crippen molar-refractivity contribution >= 4 is 16.6 Å². The van der Waals surface area contributed by atoms with E-state index in [4.69, 9.17) is 11.5 Å². The largest absolute Gasteiger partial charge is 0.507 e. The standard InChI is InChI=1S/C24H35N5O2/c1-23(2)13-16(14-24(3,4)27-23)28(5)21(26)9-8-18(25)17-11-15-7-10-22(31)29(6)19(15)12-20(17)30/h7-12,16,27,30H,13-14,25-26H2,1-6H3/b18-8-,21-9+. The lowest BCUT2D eigenvalue weighted by Crippen LogP contribution is -2.61. The first-order valence-corrected chi connectivity index (χ1v) is 10.6. The van der Waals surface area contributed by atoms with Gasteiger partial charge in [0, 0.05) is 54.6 Å². The summed E-state index contributed by atoms with van der Waals surface area (Å²) in [5.74, 6) is 0.633. The molecule has 31 heavy (non-hydrogen) atoms. The number of aryl methyl sites for hydroxylation is 1. The molecule has 0 spiro atoms. The Hall–Kier alpha value is -2.93. The highest BCUT2D eigenvalue weighted by atomic mass is 16.3. The summed E-state index contributed by atoms with van der Waals surface area (Å²) < 4.78 is 1.49. The van der Waals surface area contributed by atoms with Gasteiger partial charge in [-0.1, -0.05) is 0 Å². The van der Waals surface area contributed by atoms with Gasteiger partial charge in [0.15, 0.2) is 0 Å². The Labute approximate surface area is 184 Å². The van der Waals surface area contributed by atoms with Crippen molar-refractivity contribution in [3.05, 3.63) is 58.2 Å². The maximum absolute atomic E-state index is 11.8. The summed E-state index contributed by atoms with van der Waals surface area (Å²) in [4.78, 5) is 13.9. The van der Waals surface area contributed by atoms with Crippen LogP contribution in [0.2, 0.25) is 0 Å². The van der Waals surface area contributed by atoms with Gasteiger partial charge < -0.3 is 31.4 Å². The molecule has 0 saturated carbocycles. The third-order valence-corrected chi connectivity index (χ3v) is 6.11. The Bertz CT molecular complexity index is 1090. The molecule has 168 valence electrons. The number of hydrogen-bond donors (Lipinski definition) is 4. The van der Waals surface area contributed by atoms with Gasteiger partial charge in [-0.25, -0.2) is 0 Å². The molecule has 3 rings (SSSR count). The molecule has 1 aliphatic heterocycles. The quantitative estimate of drug-likeness (QED) is 0.561. The van der Waals surface area contributed by atoms with Crippen LogP contribution in [0.15, 0.2) is 47.0 Å². The van der Waals surface area contributed by atoms with Crippen molar-refractivity contribution < 1.29 is 5.11 Å². The predicted octanol–water partition coefficient (Wildman–Crippen LogP) is 2.58. The number of rotatable bonds is 4. The van der Waals surface area contributed by atoms with Crippen molar-refractivity contribution in [2.24, 2.45) is 18.5 Å². The van der Waals surface area contributed by atoms with Crippen molar-refractivity contribution in [1.29, 1.82) is 0 Å². The molecule has 1 saturated heterocycles. The number of fused-ring (bicyclic) bond motifs is 1. The van der Waals surface area contributed by atoms with E-state index in [2.05, 4.69) is 37.9 Å². The minimum absolute atomic E-state index is 0.0182. The zero-order valence-electron chi connectivity index (χ0n) is 19.4. The summed E-state index contributed by atoms with van der Waals surface area (Å²) in [6.07, 6.45) is 5.45. The van der Waals surface area contributed by atoms with E-state index in [0.29, 0.717) is 28.6 Å². The van der Waals surface area contributed by atoms with Crippen LogP contribution in [0.3, 0.4) is 0 Å². The first kappa shape index (κ1) is 22.7. The van der Waals surface area contributed by atoms with Crippen molar-refractivity contribution in [3.63, 3.8) is 0 Å². The van der Waals surface area contributed by atoms with E-state index in [1.807, 2.05) is 7.05 Å². The third kappa shape index (κ3) is 4.88. The van der Waals surface area contributed by atoms with E-state index in [9.17, 15) is 9.90 Å². The molecule has 6 N–H and O–H groups in total. The molecular formula is C24H35N5O2. The summed E-state index contributed by atoms with van der Waals surface area (Å²) in [5, 5.41) is 15.0. The number of nitrogens with one attached hydrogen (secondary N) is 1. The van der Waals surface area contributed by atoms with Gasteiger partial charge in [0.05, 0.1) is 11.3 Å². The van der Waals surface area contributed by atoms with Crippen LogP contribution >= 0.6 is 0 Å². The van der Waals surface area contributed by atoms with Crippen LogP contribution in [-0.2, 0) is 7.05 Å². The number of benzene rings is 1. The number of aromatic nitrogens is 1. The van der Waals surface area contributed by atoms with E-state index in [1.54, 1.807) is 37.4 Å². The molecule has 2 aromatic rings. The van der Waals surface area contributed by atoms with E-state index in [1.165, 1.54) is 10.6 Å². The number of phenolic OH excluding ortho intramolecular Hbond substituents is 1. The highest BCUT2D eigenvalue weighted by Gasteiger charge is 2.39. The number of phenols is 1. The van der Waals surface area contributed by atoms with Crippen molar-refractivity contribution in [2.75, 3.05) is 7.05 Å². The molecule has 2 heterocycles. The lowest BCUT2D eigenvalue weighted by atomic mass is 9.79. The lowest BCUT2D eigenvalue weighted by molar-refractivity contribution is 0.0981. The molecule has 1 fully saturated rings. The van der Waals surface area contributed by atoms with Gasteiger partial charge in [0.1, 0.15) is 5.75 Å². The predicted molar refractivity (Wildman–Crippen MR) is 127 cm³/mol. The zero-order valence-corrected chi connectivity index (χ0v) is 19.4. The van der Waals surface area contributed by atoms with E-state index < -0.39 is 0 Å². The van der Waals surface area contributed by atoms with Gasteiger partial charge >= 0.3 is 0 Å². The van der Waals surface area contributed by atoms with E-state index in [-0.39, 0.29) is 22.4 Å². The Morgan fingerprint density at radius 1 is 1.16 bits per heavy atom. The molecule has 0 radical (unpaired) electrons. The molecule has 0 unspecified atom stereocenters. The molecule has 7 nitrogen and oxygen atoms in total. The van der Waals surface area contributed by atoms with Gasteiger partial charge in [-0.05, 0) is 70.2 Å². The fraction of sp³-hybridized carbons (Fsp3) is 0.458. The Morgan fingerprint density at radius 2 is 1.77 bits per heavy atom. The summed E-state index contributed by atoms with van der Waals surface area (Å²) in [6.45, 7) is 8.85. The zero-order chi connectivity index (χ0) is 23.1. The van der Waals surface area contributed by atoms with Gasteiger partial charge in [-0.2, -0.15) is 0 Å². The molecule has 1 aromatic heterocycles. The Kier molecular flexibility index (Phi) is 5.84. The molecular weight excluding hydrogens is 390 g/mol. The number of pyridine rings is 1. The van der Waals surface area contributed by atoms with Crippen molar-refractivity contribution in [2.45, 2.75) is 57.7 Å². The summed E-state index contributed by atoms with van der Waals surface area (Å²) >= 11 is 0. The number of nitrogens with two attached hydrogens (primary N) is 2. The van der Waals surface area contributed by atoms with Crippen LogP contribution in [0.5, 0.6) is 5.75 Å². The second kappa shape index (κ2) is 7.96. The first-order chi connectivity index (χ1) is 14.3. The maximum Gasteiger partial charge on any atom is 0.250 e. The average Bonchev–Trinajstić information content (AvgIpc) is 2.65. The minimum Gasteiger partial charge on any atom is -0.507 e. The molecule has 7 heteroatoms. The Morgan fingerprint density at radius 3 is 2.39 bits per heavy atom. The van der Waals surface area contributed by atoms with Gasteiger partial charge in [-0.3, -0.25) is 4.79 Å². The SMILES string of the molecule is CN(/C(N)=C/C=C(\N)c1cc2ccc(=O)n(C)c2cc1O)C1CC(C)(C)NC(C)(C)C1. The molecule has 0 amide bonds. The minimum atomic E-state index is -0.133. The fourth-order valence-corrected chi connectivity index (χ4v) is 4.78. The van der Waals surface area contributed by atoms with Gasteiger partial charge in [0.25, 0.3) is 5.56 Å². The lowest BCUT2D eigenvalue weighted by Gasteiger charge is -2.49. The molecule has 0 bridgehead atoms. The van der Waals surface area contributed by atoms with Crippen LogP contribution in [0.4, 0.5) is 0 Å². The average molecular weight is 426 g/mol. The normalized spacial score (nSPS) is 19.5. The maximum atomic E-state index is 11.8. The highest BCUT2D eigenvalue weighted by Crippen LogP contribution is 2.32. The fourth-order valence-electron chi connectivity index (χ4n) is 4.78. The Balaban J connectivity index is 1.87. The van der Waals surface area contributed by atoms with E-state index >= 15 is 0 Å². The van der Waals surface area contributed by atoms with Crippen LogP contribution in [0.25, 0.3) is 16.6 Å². The second-order valence-electron chi connectivity index (χ2n) is 9.94. The number of piperidine rings is 1. The summed E-state index contributed by atoms with van der Waals surface area (Å²) in [7, 11) is 3.68. The highest BCUT2D eigenvalue weighted by molar-refractivity contribution is 5.86. The van der Waals surface area contributed by atoms with Gasteiger partial charge in [-0.15, -0.1) is 0 Å². The molecule has 0 atom stereocenters. The molecule has 0 aliphatic carbocycles. The van der Waals surface area contributed by atoms with Crippen molar-refractivity contribution in [1.82, 2.24) is 14.8 Å². The van der Waals surface area contributed by atoms with Crippen LogP contribution in [0.1, 0.15) is 46.1 Å². The topological polar surface area (TPSA) is 110 Å². The monoisotopic (exact) mass is 425 g/mol. The number of hydrogen-bond acceptors (Lipinski definition) is 6. The third-order valence-electron chi connectivity index (χ3n) is 6.11. The molecule has 1 aliphatic rings. The second-order valence-corrected chi connectivity index (χ2v) is 9.94. The van der Waals surface area contributed by atoms with Crippen LogP contribution < -0.4 is 22.3 Å². The number of allylic oxidation sites excluding steroid dienone is 2. The van der Waals surface area contributed by atoms with Crippen molar-refractivity contribution in [3.8, 4) is 5.75 Å². The summed E-state index contributed by atoms with van der Waals surface area (Å²) in [5.41, 5.74) is 14.1. The van der Waals surface area contributed by atoms with Crippen LogP contribution in [0, 0.1) is 0 Å². The summed E-state index contributed by atoms with van der Waals surface area (Å²) in [6, 6.07) is 6.87. The van der Waals surface area contributed by atoms with Gasteiger partial charge in [0.2, 0.25) is 0 Å².